The standard InChI is InChI=1S/C18H18FN3O/c1-21(18(23)17-3-2-8-22(17)15-5-6-15)11-14-10-12-9-13(19)4-7-16(12)20-14/h2-4,7-10,15,20H,5-6,11H2,1H3. The largest absolute Gasteiger partial charge is 0.357 e. The molecule has 5 heteroatoms. The van der Waals surface area contributed by atoms with E-state index in [4.69, 9.17) is 0 Å². The Bertz CT molecular complexity index is 875. The fraction of sp³-hybridized carbons (Fsp3) is 0.278. The van der Waals surface area contributed by atoms with Gasteiger partial charge in [-0.25, -0.2) is 4.39 Å². The number of nitrogens with zero attached hydrogens (tertiary/aromatic N) is 2. The molecule has 1 N–H and O–H groups in total. The zero-order chi connectivity index (χ0) is 16.0. The average Bonchev–Trinajstić information content (AvgIpc) is 3.12. The number of fused-ring (bicyclic) bond motifs is 1. The molecule has 0 saturated heterocycles. The molecule has 0 spiro atoms. The summed E-state index contributed by atoms with van der Waals surface area (Å²) in [5, 5.41) is 0.821. The molecule has 0 radical (unpaired) electrons. The van der Waals surface area contributed by atoms with E-state index in [1.807, 2.05) is 24.4 Å². The highest BCUT2D eigenvalue weighted by molar-refractivity contribution is 5.92. The van der Waals surface area contributed by atoms with Crippen molar-refractivity contribution in [1.29, 1.82) is 0 Å². The van der Waals surface area contributed by atoms with Gasteiger partial charge in [-0.2, -0.15) is 0 Å². The number of hydrogen-bond donors (Lipinski definition) is 1. The smallest absolute Gasteiger partial charge is 0.270 e. The molecule has 118 valence electrons. The maximum atomic E-state index is 13.3. The van der Waals surface area contributed by atoms with Crippen molar-refractivity contribution in [1.82, 2.24) is 14.5 Å². The highest BCUT2D eigenvalue weighted by Gasteiger charge is 2.27. The summed E-state index contributed by atoms with van der Waals surface area (Å²) in [6.45, 7) is 0.463. The van der Waals surface area contributed by atoms with Crippen molar-refractivity contribution in [3.05, 3.63) is 59.8 Å². The predicted octanol–water partition coefficient (Wildman–Crippen LogP) is 3.72. The van der Waals surface area contributed by atoms with Crippen molar-refractivity contribution in [2.24, 2.45) is 0 Å². The minimum Gasteiger partial charge on any atom is -0.357 e. The molecule has 0 aliphatic heterocycles. The Labute approximate surface area is 133 Å². The predicted molar refractivity (Wildman–Crippen MR) is 86.8 cm³/mol. The van der Waals surface area contributed by atoms with Crippen molar-refractivity contribution in [2.45, 2.75) is 25.4 Å². The number of carbonyl (C=O) groups is 1. The van der Waals surface area contributed by atoms with E-state index in [0.717, 1.165) is 35.1 Å². The zero-order valence-corrected chi connectivity index (χ0v) is 12.9. The van der Waals surface area contributed by atoms with Crippen molar-refractivity contribution in [2.75, 3.05) is 7.05 Å². The molecule has 0 atom stereocenters. The second kappa shape index (κ2) is 5.26. The second-order valence-corrected chi connectivity index (χ2v) is 6.22. The normalized spacial score (nSPS) is 14.3. The third-order valence-corrected chi connectivity index (χ3v) is 4.33. The summed E-state index contributed by atoms with van der Waals surface area (Å²) in [5.41, 5.74) is 2.51. The van der Waals surface area contributed by atoms with Gasteiger partial charge in [0.2, 0.25) is 0 Å². The molecule has 2 aromatic heterocycles. The van der Waals surface area contributed by atoms with Crippen LogP contribution in [0.2, 0.25) is 0 Å². The molecule has 4 nitrogen and oxygen atoms in total. The summed E-state index contributed by atoms with van der Waals surface area (Å²) in [6.07, 6.45) is 4.27. The van der Waals surface area contributed by atoms with Crippen LogP contribution < -0.4 is 0 Å². The first-order valence-electron chi connectivity index (χ1n) is 7.81. The van der Waals surface area contributed by atoms with Crippen LogP contribution in [0.1, 0.15) is 35.1 Å². The van der Waals surface area contributed by atoms with E-state index in [-0.39, 0.29) is 11.7 Å². The molecule has 1 saturated carbocycles. The van der Waals surface area contributed by atoms with Crippen molar-refractivity contribution in [3.8, 4) is 0 Å². The van der Waals surface area contributed by atoms with Gasteiger partial charge in [-0.05, 0) is 49.2 Å². The molecule has 0 unspecified atom stereocenters. The molecule has 0 bridgehead atoms. The van der Waals surface area contributed by atoms with Gasteiger partial charge in [0.25, 0.3) is 5.91 Å². The molecule has 23 heavy (non-hydrogen) atoms. The first-order chi connectivity index (χ1) is 11.1. The van der Waals surface area contributed by atoms with Crippen LogP contribution in [0.4, 0.5) is 4.39 Å². The van der Waals surface area contributed by atoms with E-state index in [0.29, 0.717) is 12.6 Å². The van der Waals surface area contributed by atoms with Crippen LogP contribution >= 0.6 is 0 Å². The maximum Gasteiger partial charge on any atom is 0.270 e. The first-order valence-corrected chi connectivity index (χ1v) is 7.81. The number of aromatic nitrogens is 2. The second-order valence-electron chi connectivity index (χ2n) is 6.22. The minimum atomic E-state index is -0.255. The summed E-state index contributed by atoms with van der Waals surface area (Å²) < 4.78 is 15.3. The number of aromatic amines is 1. The van der Waals surface area contributed by atoms with E-state index in [9.17, 15) is 9.18 Å². The molecular formula is C18H18FN3O. The van der Waals surface area contributed by atoms with Gasteiger partial charge in [-0.3, -0.25) is 4.79 Å². The van der Waals surface area contributed by atoms with Gasteiger partial charge >= 0.3 is 0 Å². The van der Waals surface area contributed by atoms with E-state index < -0.39 is 0 Å². The number of rotatable bonds is 4. The summed E-state index contributed by atoms with van der Waals surface area (Å²) >= 11 is 0. The van der Waals surface area contributed by atoms with Gasteiger partial charge in [-0.1, -0.05) is 0 Å². The number of H-pyrrole nitrogens is 1. The third kappa shape index (κ3) is 2.63. The van der Waals surface area contributed by atoms with Gasteiger partial charge in [0, 0.05) is 35.9 Å². The van der Waals surface area contributed by atoms with Gasteiger partial charge in [0.1, 0.15) is 11.5 Å². The molecule has 1 amide bonds. The lowest BCUT2D eigenvalue weighted by Gasteiger charge is -2.17. The topological polar surface area (TPSA) is 41.0 Å². The van der Waals surface area contributed by atoms with E-state index in [1.54, 1.807) is 18.0 Å². The highest BCUT2D eigenvalue weighted by Crippen LogP contribution is 2.36. The molecule has 4 rings (SSSR count). The maximum absolute atomic E-state index is 13.3. The summed E-state index contributed by atoms with van der Waals surface area (Å²) in [7, 11) is 1.79. The Morgan fingerprint density at radius 1 is 1.35 bits per heavy atom. The van der Waals surface area contributed by atoms with Crippen molar-refractivity contribution >= 4 is 16.8 Å². The number of carbonyl (C=O) groups excluding carboxylic acids is 1. The van der Waals surface area contributed by atoms with Crippen LogP contribution in [0.15, 0.2) is 42.6 Å². The quantitative estimate of drug-likeness (QED) is 0.784. The van der Waals surface area contributed by atoms with Crippen molar-refractivity contribution < 1.29 is 9.18 Å². The Kier molecular flexibility index (Phi) is 3.22. The Morgan fingerprint density at radius 3 is 2.96 bits per heavy atom. The summed E-state index contributed by atoms with van der Waals surface area (Å²) in [6, 6.07) is 10.8. The van der Waals surface area contributed by atoms with Gasteiger partial charge in [-0.15, -0.1) is 0 Å². The van der Waals surface area contributed by atoms with Crippen LogP contribution in [-0.2, 0) is 6.54 Å². The number of hydrogen-bond acceptors (Lipinski definition) is 1. The Hall–Kier alpha value is -2.56. The number of nitrogens with one attached hydrogen (secondary N) is 1. The van der Waals surface area contributed by atoms with E-state index >= 15 is 0 Å². The Morgan fingerprint density at radius 2 is 2.17 bits per heavy atom. The average molecular weight is 311 g/mol. The van der Waals surface area contributed by atoms with E-state index in [2.05, 4.69) is 9.55 Å². The van der Waals surface area contributed by atoms with Crippen molar-refractivity contribution in [3.63, 3.8) is 0 Å². The Balaban J connectivity index is 1.54. The SMILES string of the molecule is CN(Cc1cc2cc(F)ccc2[nH]1)C(=O)c1cccn1C1CC1. The fourth-order valence-electron chi connectivity index (χ4n) is 3.02. The van der Waals surface area contributed by atoms with Crippen LogP contribution in [0.5, 0.6) is 0 Å². The molecule has 2 heterocycles. The van der Waals surface area contributed by atoms with Gasteiger partial charge in [0.15, 0.2) is 0 Å². The first kappa shape index (κ1) is 14.1. The van der Waals surface area contributed by atoms with E-state index in [1.165, 1.54) is 12.1 Å². The molecule has 1 aliphatic rings. The summed E-state index contributed by atoms with van der Waals surface area (Å²) in [5.74, 6) is -0.249. The lowest BCUT2D eigenvalue weighted by molar-refractivity contribution is 0.0772. The fourth-order valence-corrected chi connectivity index (χ4v) is 3.02. The monoisotopic (exact) mass is 311 g/mol. The van der Waals surface area contributed by atoms with Crippen LogP contribution in [0.3, 0.4) is 0 Å². The molecule has 1 fully saturated rings. The minimum absolute atomic E-state index is 0.00624. The van der Waals surface area contributed by atoms with Gasteiger partial charge in [0.05, 0.1) is 6.54 Å². The summed E-state index contributed by atoms with van der Waals surface area (Å²) in [4.78, 5) is 17.6. The lowest BCUT2D eigenvalue weighted by Crippen LogP contribution is -2.28. The van der Waals surface area contributed by atoms with Crippen LogP contribution in [-0.4, -0.2) is 27.4 Å². The number of amides is 1. The number of benzene rings is 1. The molecule has 1 aromatic carbocycles. The molecular weight excluding hydrogens is 293 g/mol. The lowest BCUT2D eigenvalue weighted by atomic mass is 10.2. The van der Waals surface area contributed by atoms with Gasteiger partial charge < -0.3 is 14.5 Å². The highest BCUT2D eigenvalue weighted by atomic mass is 19.1. The number of halogens is 1. The molecule has 1 aliphatic carbocycles. The third-order valence-electron chi connectivity index (χ3n) is 4.33. The zero-order valence-electron chi connectivity index (χ0n) is 12.9. The molecule has 3 aromatic rings. The van der Waals surface area contributed by atoms with Crippen LogP contribution in [0, 0.1) is 5.82 Å². The van der Waals surface area contributed by atoms with Crippen LogP contribution in [0.25, 0.3) is 10.9 Å².